The molecule has 2 aromatic rings. The quantitative estimate of drug-likeness (QED) is 0.665. The second-order valence-electron chi connectivity index (χ2n) is 8.45. The summed E-state index contributed by atoms with van der Waals surface area (Å²) in [7, 11) is -3.43. The third-order valence-corrected chi connectivity index (χ3v) is 8.24. The summed E-state index contributed by atoms with van der Waals surface area (Å²) in [4.78, 5) is 17.0. The summed E-state index contributed by atoms with van der Waals surface area (Å²) in [5.74, 6) is -0.145. The van der Waals surface area contributed by atoms with Crippen molar-refractivity contribution in [3.63, 3.8) is 0 Å². The lowest BCUT2D eigenvalue weighted by Gasteiger charge is -2.36. The molecule has 172 valence electrons. The van der Waals surface area contributed by atoms with E-state index >= 15 is 0 Å². The molecule has 32 heavy (non-hydrogen) atoms. The number of amides is 1. The van der Waals surface area contributed by atoms with Crippen LogP contribution in [0.4, 0.5) is 10.1 Å². The van der Waals surface area contributed by atoms with Crippen LogP contribution in [0, 0.1) is 5.82 Å². The van der Waals surface area contributed by atoms with Gasteiger partial charge in [-0.15, -0.1) is 0 Å². The highest BCUT2D eigenvalue weighted by Crippen LogP contribution is 2.22. The molecule has 1 amide bonds. The zero-order valence-electron chi connectivity index (χ0n) is 18.2. The third-order valence-electron chi connectivity index (χ3n) is 6.33. The zero-order valence-corrected chi connectivity index (χ0v) is 19.1. The first-order valence-electron chi connectivity index (χ1n) is 11.3. The normalized spacial score (nSPS) is 18.0. The number of aryl methyl sites for hydroxylation is 1. The number of carbonyl (C=O) groups is 1. The van der Waals surface area contributed by atoms with E-state index in [4.69, 9.17) is 0 Å². The Bertz CT molecular complexity index is 1010. The summed E-state index contributed by atoms with van der Waals surface area (Å²) in [5, 5.41) is 0. The standard InChI is InChI=1S/C24H30FN3O3S/c25-21-7-9-22(10-8-21)26-16-18-27(19-17-26)24(29)13-6-20-4-11-23(12-5-20)32(30,31)28-14-2-1-3-15-28/h4-5,7-12H,1-3,6,13-19H2. The maximum Gasteiger partial charge on any atom is 0.243 e. The molecular formula is C24H30FN3O3S. The van der Waals surface area contributed by atoms with Crippen LogP contribution in [0.25, 0.3) is 0 Å². The molecular weight excluding hydrogens is 429 g/mol. The van der Waals surface area contributed by atoms with Crippen LogP contribution < -0.4 is 4.90 Å². The van der Waals surface area contributed by atoms with E-state index in [0.29, 0.717) is 43.9 Å². The van der Waals surface area contributed by atoms with Gasteiger partial charge in [0.15, 0.2) is 0 Å². The van der Waals surface area contributed by atoms with Crippen molar-refractivity contribution in [2.45, 2.75) is 37.0 Å². The molecule has 2 fully saturated rings. The maximum atomic E-state index is 13.1. The van der Waals surface area contributed by atoms with Crippen molar-refractivity contribution in [2.75, 3.05) is 44.2 Å². The van der Waals surface area contributed by atoms with Gasteiger partial charge < -0.3 is 9.80 Å². The Morgan fingerprint density at radius 2 is 1.44 bits per heavy atom. The fraction of sp³-hybridized carbons (Fsp3) is 0.458. The average molecular weight is 460 g/mol. The van der Waals surface area contributed by atoms with Gasteiger partial charge in [0.2, 0.25) is 15.9 Å². The van der Waals surface area contributed by atoms with E-state index in [1.165, 1.54) is 12.1 Å². The predicted molar refractivity (Wildman–Crippen MR) is 123 cm³/mol. The fourth-order valence-electron chi connectivity index (χ4n) is 4.36. The van der Waals surface area contributed by atoms with Crippen LogP contribution in [-0.4, -0.2) is 62.8 Å². The summed E-state index contributed by atoms with van der Waals surface area (Å²) < 4.78 is 40.2. The van der Waals surface area contributed by atoms with Crippen LogP contribution in [0.5, 0.6) is 0 Å². The van der Waals surface area contributed by atoms with Crippen molar-refractivity contribution in [2.24, 2.45) is 0 Å². The summed E-state index contributed by atoms with van der Waals surface area (Å²) >= 11 is 0. The highest BCUT2D eigenvalue weighted by atomic mass is 32.2. The van der Waals surface area contributed by atoms with Gasteiger partial charge in [-0.25, -0.2) is 12.8 Å². The van der Waals surface area contributed by atoms with Gasteiger partial charge in [0, 0.05) is 51.4 Å². The smallest absolute Gasteiger partial charge is 0.243 e. The van der Waals surface area contributed by atoms with Gasteiger partial charge >= 0.3 is 0 Å². The molecule has 0 aliphatic carbocycles. The highest BCUT2D eigenvalue weighted by Gasteiger charge is 2.26. The minimum absolute atomic E-state index is 0.105. The molecule has 6 nitrogen and oxygen atoms in total. The largest absolute Gasteiger partial charge is 0.368 e. The molecule has 0 atom stereocenters. The van der Waals surface area contributed by atoms with E-state index in [1.54, 1.807) is 28.6 Å². The summed E-state index contributed by atoms with van der Waals surface area (Å²) in [6, 6.07) is 13.4. The Balaban J connectivity index is 1.26. The molecule has 0 aromatic heterocycles. The number of halogens is 1. The summed E-state index contributed by atoms with van der Waals surface area (Å²) in [5.41, 5.74) is 1.93. The number of carbonyl (C=O) groups excluding carboxylic acids is 1. The average Bonchev–Trinajstić information content (AvgIpc) is 2.84. The van der Waals surface area contributed by atoms with Crippen molar-refractivity contribution in [1.29, 1.82) is 0 Å². The van der Waals surface area contributed by atoms with Crippen molar-refractivity contribution >= 4 is 21.6 Å². The number of benzene rings is 2. The lowest BCUT2D eigenvalue weighted by molar-refractivity contribution is -0.131. The van der Waals surface area contributed by atoms with Gasteiger partial charge in [0.05, 0.1) is 4.90 Å². The molecule has 2 aromatic carbocycles. The highest BCUT2D eigenvalue weighted by molar-refractivity contribution is 7.89. The van der Waals surface area contributed by atoms with Crippen LogP contribution in [0.1, 0.15) is 31.2 Å². The number of hydrogen-bond donors (Lipinski definition) is 0. The van der Waals surface area contributed by atoms with Crippen LogP contribution in [0.15, 0.2) is 53.4 Å². The van der Waals surface area contributed by atoms with E-state index in [2.05, 4.69) is 4.90 Å². The van der Waals surface area contributed by atoms with E-state index in [9.17, 15) is 17.6 Å². The second-order valence-corrected chi connectivity index (χ2v) is 10.4. The molecule has 2 heterocycles. The lowest BCUT2D eigenvalue weighted by Crippen LogP contribution is -2.48. The molecule has 8 heteroatoms. The topological polar surface area (TPSA) is 60.9 Å². The Hall–Kier alpha value is -2.45. The molecule has 0 spiro atoms. The fourth-order valence-corrected chi connectivity index (χ4v) is 5.87. The van der Waals surface area contributed by atoms with E-state index in [1.807, 2.05) is 17.0 Å². The molecule has 0 saturated carbocycles. The number of piperidine rings is 1. The number of anilines is 1. The first-order valence-corrected chi connectivity index (χ1v) is 12.7. The van der Waals surface area contributed by atoms with E-state index in [0.717, 1.165) is 43.6 Å². The first kappa shape index (κ1) is 22.7. The van der Waals surface area contributed by atoms with Gasteiger partial charge in [0.25, 0.3) is 0 Å². The van der Waals surface area contributed by atoms with E-state index in [-0.39, 0.29) is 11.7 Å². The summed E-state index contributed by atoms with van der Waals surface area (Å²) in [6.45, 7) is 3.91. The van der Waals surface area contributed by atoms with Crippen LogP contribution in [-0.2, 0) is 21.2 Å². The van der Waals surface area contributed by atoms with Crippen LogP contribution >= 0.6 is 0 Å². The minimum Gasteiger partial charge on any atom is -0.368 e. The number of nitrogens with zero attached hydrogens (tertiary/aromatic N) is 3. The zero-order chi connectivity index (χ0) is 22.6. The van der Waals surface area contributed by atoms with Crippen molar-refractivity contribution < 1.29 is 17.6 Å². The predicted octanol–water partition coefficient (Wildman–Crippen LogP) is 3.28. The molecule has 0 radical (unpaired) electrons. The minimum atomic E-state index is -3.43. The van der Waals surface area contributed by atoms with E-state index < -0.39 is 10.0 Å². The number of sulfonamides is 1. The van der Waals surface area contributed by atoms with Gasteiger partial charge in [-0.1, -0.05) is 18.6 Å². The molecule has 4 rings (SSSR count). The Kier molecular flexibility index (Phi) is 7.10. The molecule has 2 aliphatic rings. The van der Waals surface area contributed by atoms with Gasteiger partial charge in [-0.3, -0.25) is 4.79 Å². The Morgan fingerprint density at radius 3 is 2.06 bits per heavy atom. The molecule has 0 unspecified atom stereocenters. The monoisotopic (exact) mass is 459 g/mol. The Morgan fingerprint density at radius 1 is 0.812 bits per heavy atom. The van der Waals surface area contributed by atoms with Crippen LogP contribution in [0.3, 0.4) is 0 Å². The lowest BCUT2D eigenvalue weighted by atomic mass is 10.1. The van der Waals surface area contributed by atoms with Crippen molar-refractivity contribution in [3.8, 4) is 0 Å². The van der Waals surface area contributed by atoms with Gasteiger partial charge in [-0.05, 0) is 61.2 Å². The third kappa shape index (κ3) is 5.30. The maximum absolute atomic E-state index is 13.1. The number of rotatable bonds is 6. The first-order chi connectivity index (χ1) is 15.4. The molecule has 0 N–H and O–H groups in total. The molecule has 0 bridgehead atoms. The van der Waals surface area contributed by atoms with Gasteiger partial charge in [-0.2, -0.15) is 4.31 Å². The summed E-state index contributed by atoms with van der Waals surface area (Å²) in [6.07, 6.45) is 3.89. The second kappa shape index (κ2) is 10.0. The van der Waals surface area contributed by atoms with Crippen molar-refractivity contribution in [1.82, 2.24) is 9.21 Å². The molecule has 2 aliphatic heterocycles. The Labute approximate surface area is 189 Å². The number of piperazine rings is 1. The SMILES string of the molecule is O=C(CCc1ccc(S(=O)(=O)N2CCCCC2)cc1)N1CCN(c2ccc(F)cc2)CC1. The molecule has 2 saturated heterocycles. The van der Waals surface area contributed by atoms with Crippen molar-refractivity contribution in [3.05, 3.63) is 59.9 Å². The van der Waals surface area contributed by atoms with Crippen LogP contribution in [0.2, 0.25) is 0 Å². The number of hydrogen-bond acceptors (Lipinski definition) is 4. The van der Waals surface area contributed by atoms with Gasteiger partial charge in [0.1, 0.15) is 5.82 Å².